The van der Waals surface area contributed by atoms with Crippen molar-refractivity contribution in [1.82, 2.24) is 9.97 Å². The van der Waals surface area contributed by atoms with Crippen molar-refractivity contribution in [3.05, 3.63) is 112 Å². The lowest BCUT2D eigenvalue weighted by molar-refractivity contribution is 1.28. The number of benzene rings is 2. The molecule has 0 aliphatic carbocycles. The first-order valence-corrected chi connectivity index (χ1v) is 8.56. The monoisotopic (exact) mass is 338 g/mol. The summed E-state index contributed by atoms with van der Waals surface area (Å²) in [5, 5.41) is 1.02. The molecule has 2 aromatic heterocycles. The van der Waals surface area contributed by atoms with Crippen LogP contribution in [0.2, 0.25) is 0 Å². The number of H-pyrrole nitrogens is 1. The topological polar surface area (TPSA) is 45.8 Å². The maximum atomic E-state index is 11.5. The molecule has 2 heterocycles. The third-order valence-corrected chi connectivity index (χ3v) is 4.36. The third kappa shape index (κ3) is 3.62. The van der Waals surface area contributed by atoms with Crippen molar-refractivity contribution in [1.29, 1.82) is 0 Å². The van der Waals surface area contributed by atoms with E-state index < -0.39 is 0 Å². The lowest BCUT2D eigenvalue weighted by Crippen LogP contribution is -2.02. The van der Waals surface area contributed by atoms with Crippen LogP contribution < -0.4 is 5.56 Å². The number of fused-ring (bicyclic) bond motifs is 1. The molecular formula is C23H18N2O. The van der Waals surface area contributed by atoms with Gasteiger partial charge in [-0.2, -0.15) is 0 Å². The van der Waals surface area contributed by atoms with Crippen LogP contribution in [0.25, 0.3) is 22.6 Å². The van der Waals surface area contributed by atoms with Crippen LogP contribution in [0, 0.1) is 0 Å². The highest BCUT2D eigenvalue weighted by atomic mass is 16.1. The highest BCUT2D eigenvalue weighted by Gasteiger charge is 2.06. The van der Waals surface area contributed by atoms with Crippen molar-refractivity contribution < 1.29 is 0 Å². The van der Waals surface area contributed by atoms with Gasteiger partial charge in [0.2, 0.25) is 5.56 Å². The van der Waals surface area contributed by atoms with E-state index in [-0.39, 0.29) is 5.56 Å². The average Bonchev–Trinajstić information content (AvgIpc) is 2.69. The molecule has 0 saturated heterocycles. The molecular weight excluding hydrogens is 320 g/mol. The quantitative estimate of drug-likeness (QED) is 0.586. The van der Waals surface area contributed by atoms with Crippen LogP contribution in [-0.2, 0) is 6.42 Å². The van der Waals surface area contributed by atoms with E-state index in [4.69, 9.17) is 0 Å². The molecule has 0 bridgehead atoms. The first kappa shape index (κ1) is 16.0. The largest absolute Gasteiger partial charge is 0.322 e. The molecule has 3 heteroatoms. The standard InChI is InChI=1S/C23H18N2O/c26-23-11-9-20-15-19(8-10-22(20)25-23)21(13-17-5-2-1-3-6-17)14-18-7-4-12-24-16-18/h1-12,14-16H,13H2,(H,25,26)/b21-14+. The van der Waals surface area contributed by atoms with Gasteiger partial charge in [0, 0.05) is 24.0 Å². The summed E-state index contributed by atoms with van der Waals surface area (Å²) in [4.78, 5) is 18.6. The van der Waals surface area contributed by atoms with Crippen LogP contribution in [-0.4, -0.2) is 9.97 Å². The Labute approximate surface area is 151 Å². The van der Waals surface area contributed by atoms with Crippen molar-refractivity contribution in [3.63, 3.8) is 0 Å². The van der Waals surface area contributed by atoms with Gasteiger partial charge in [-0.05, 0) is 64.4 Å². The molecule has 0 unspecified atom stereocenters. The first-order valence-electron chi connectivity index (χ1n) is 8.56. The number of aromatic amines is 1. The van der Waals surface area contributed by atoms with Gasteiger partial charge in [0.25, 0.3) is 0 Å². The number of pyridine rings is 2. The Morgan fingerprint density at radius 2 is 1.85 bits per heavy atom. The summed E-state index contributed by atoms with van der Waals surface area (Å²) < 4.78 is 0. The molecule has 26 heavy (non-hydrogen) atoms. The van der Waals surface area contributed by atoms with Crippen LogP contribution in [0.3, 0.4) is 0 Å². The van der Waals surface area contributed by atoms with Crippen LogP contribution in [0.4, 0.5) is 0 Å². The summed E-state index contributed by atoms with van der Waals surface area (Å²) in [5.41, 5.74) is 5.43. The number of nitrogens with one attached hydrogen (secondary N) is 1. The molecule has 4 aromatic rings. The SMILES string of the molecule is O=c1ccc2cc(/C(=C/c3cccnc3)Cc3ccccc3)ccc2[nH]1. The predicted octanol–water partition coefficient (Wildman–Crippen LogP) is 4.71. The van der Waals surface area contributed by atoms with Gasteiger partial charge in [0.05, 0.1) is 0 Å². The van der Waals surface area contributed by atoms with Crippen LogP contribution in [0.5, 0.6) is 0 Å². The van der Waals surface area contributed by atoms with E-state index in [1.807, 2.05) is 30.5 Å². The molecule has 1 N–H and O–H groups in total. The summed E-state index contributed by atoms with van der Waals surface area (Å²) >= 11 is 0. The zero-order valence-electron chi connectivity index (χ0n) is 14.2. The molecule has 0 amide bonds. The highest BCUT2D eigenvalue weighted by Crippen LogP contribution is 2.25. The summed E-state index contributed by atoms with van der Waals surface area (Å²) in [7, 11) is 0. The number of rotatable bonds is 4. The number of allylic oxidation sites excluding steroid dienone is 1. The first-order chi connectivity index (χ1) is 12.8. The fourth-order valence-electron chi connectivity index (χ4n) is 3.07. The molecule has 0 radical (unpaired) electrons. The predicted molar refractivity (Wildman–Crippen MR) is 107 cm³/mol. The average molecular weight is 338 g/mol. The summed E-state index contributed by atoms with van der Waals surface area (Å²) in [5.74, 6) is 0. The molecule has 126 valence electrons. The Bertz CT molecular complexity index is 1110. The molecule has 0 spiro atoms. The maximum Gasteiger partial charge on any atom is 0.248 e. The minimum absolute atomic E-state index is 0.0827. The van der Waals surface area contributed by atoms with Crippen molar-refractivity contribution in [2.24, 2.45) is 0 Å². The van der Waals surface area contributed by atoms with Crippen molar-refractivity contribution in [2.75, 3.05) is 0 Å². The smallest absolute Gasteiger partial charge is 0.248 e. The fraction of sp³-hybridized carbons (Fsp3) is 0.0435. The summed E-state index contributed by atoms with van der Waals surface area (Å²) in [6.45, 7) is 0. The molecule has 3 nitrogen and oxygen atoms in total. The van der Waals surface area contributed by atoms with E-state index in [0.29, 0.717) is 0 Å². The molecule has 0 aliphatic rings. The Balaban J connectivity index is 1.80. The normalized spacial score (nSPS) is 11.6. The van der Waals surface area contributed by atoms with Gasteiger partial charge >= 0.3 is 0 Å². The molecule has 0 fully saturated rings. The second-order valence-electron chi connectivity index (χ2n) is 6.24. The van der Waals surface area contributed by atoms with Gasteiger partial charge in [-0.3, -0.25) is 9.78 Å². The molecule has 0 aliphatic heterocycles. The number of hydrogen-bond donors (Lipinski definition) is 1. The number of hydrogen-bond acceptors (Lipinski definition) is 2. The van der Waals surface area contributed by atoms with E-state index in [1.54, 1.807) is 12.3 Å². The molecule has 0 saturated carbocycles. The minimum atomic E-state index is -0.0827. The third-order valence-electron chi connectivity index (χ3n) is 4.36. The van der Waals surface area contributed by atoms with Crippen LogP contribution >= 0.6 is 0 Å². The zero-order chi connectivity index (χ0) is 17.8. The van der Waals surface area contributed by atoms with E-state index >= 15 is 0 Å². The number of aromatic nitrogens is 2. The number of nitrogens with zero attached hydrogens (tertiary/aromatic N) is 1. The van der Waals surface area contributed by atoms with Gasteiger partial charge in [-0.25, -0.2) is 0 Å². The van der Waals surface area contributed by atoms with E-state index in [0.717, 1.165) is 28.5 Å². The second kappa shape index (κ2) is 7.19. The van der Waals surface area contributed by atoms with Crippen LogP contribution in [0.15, 0.2) is 90.0 Å². The van der Waals surface area contributed by atoms with Crippen molar-refractivity contribution >= 4 is 22.6 Å². The minimum Gasteiger partial charge on any atom is -0.322 e. The van der Waals surface area contributed by atoms with Crippen molar-refractivity contribution in [3.8, 4) is 0 Å². The van der Waals surface area contributed by atoms with Gasteiger partial charge < -0.3 is 4.98 Å². The Kier molecular flexibility index (Phi) is 4.44. The Hall–Kier alpha value is -3.46. The van der Waals surface area contributed by atoms with E-state index in [2.05, 4.69) is 58.5 Å². The lowest BCUT2D eigenvalue weighted by Gasteiger charge is -2.10. The molecule has 4 rings (SSSR count). The Morgan fingerprint density at radius 3 is 2.65 bits per heavy atom. The highest BCUT2D eigenvalue weighted by molar-refractivity contribution is 5.88. The van der Waals surface area contributed by atoms with Crippen LogP contribution in [0.1, 0.15) is 16.7 Å². The zero-order valence-corrected chi connectivity index (χ0v) is 14.2. The Morgan fingerprint density at radius 1 is 0.962 bits per heavy atom. The van der Waals surface area contributed by atoms with Gasteiger partial charge in [0.15, 0.2) is 0 Å². The maximum absolute atomic E-state index is 11.5. The van der Waals surface area contributed by atoms with E-state index in [9.17, 15) is 4.79 Å². The van der Waals surface area contributed by atoms with Gasteiger partial charge in [-0.15, -0.1) is 0 Å². The molecule has 0 atom stereocenters. The molecule has 2 aromatic carbocycles. The summed E-state index contributed by atoms with van der Waals surface area (Å²) in [6.07, 6.45) is 6.64. The lowest BCUT2D eigenvalue weighted by atomic mass is 9.95. The van der Waals surface area contributed by atoms with Crippen molar-refractivity contribution in [2.45, 2.75) is 6.42 Å². The van der Waals surface area contributed by atoms with Gasteiger partial charge in [-0.1, -0.05) is 42.5 Å². The second-order valence-corrected chi connectivity index (χ2v) is 6.24. The van der Waals surface area contributed by atoms with E-state index in [1.165, 1.54) is 11.1 Å². The fourth-order valence-corrected chi connectivity index (χ4v) is 3.07. The van der Waals surface area contributed by atoms with Gasteiger partial charge in [0.1, 0.15) is 0 Å². The summed E-state index contributed by atoms with van der Waals surface area (Å²) in [6, 6.07) is 24.0.